The molecule has 0 amide bonds. The van der Waals surface area contributed by atoms with E-state index in [2.05, 4.69) is 62.1 Å². The molecule has 0 aliphatic heterocycles. The minimum absolute atomic E-state index is 1.10. The average molecular weight is 282 g/mol. The zero-order valence-electron chi connectivity index (χ0n) is 10.2. The van der Waals surface area contributed by atoms with Crippen LogP contribution in [0.3, 0.4) is 0 Å². The lowest BCUT2D eigenvalue weighted by atomic mass is 10.1. The monoisotopic (exact) mass is 281 g/mol. The first-order chi connectivity index (χ1) is 7.49. The maximum atomic E-state index is 3.45. The molecule has 0 unspecified atom stereocenters. The van der Waals surface area contributed by atoms with Gasteiger partial charge in [0.15, 0.2) is 6.21 Å². The van der Waals surface area contributed by atoms with Crippen LogP contribution < -0.4 is 0 Å². The van der Waals surface area contributed by atoms with E-state index in [0.29, 0.717) is 0 Å². The van der Waals surface area contributed by atoms with Crippen molar-refractivity contribution in [1.29, 1.82) is 0 Å². The molecule has 86 valence electrons. The van der Waals surface area contributed by atoms with Crippen molar-refractivity contribution in [2.45, 2.75) is 0 Å². The smallest absolute Gasteiger partial charge is 0.172 e. The molecule has 0 aromatic heterocycles. The highest BCUT2D eigenvalue weighted by Crippen LogP contribution is 2.16. The predicted octanol–water partition coefficient (Wildman–Crippen LogP) is 2.69. The first-order valence-corrected chi connectivity index (χ1v) is 5.94. The fourth-order valence-corrected chi connectivity index (χ4v) is 1.65. The van der Waals surface area contributed by atoms with Crippen molar-refractivity contribution < 1.29 is 4.58 Å². The molecule has 0 fully saturated rings. The average Bonchev–Trinajstić information content (AvgIpc) is 2.16. The number of rotatable bonds is 3. The van der Waals surface area contributed by atoms with Crippen LogP contribution in [0.15, 0.2) is 34.9 Å². The molecule has 1 aromatic carbocycles. The van der Waals surface area contributed by atoms with Crippen LogP contribution in [0.4, 0.5) is 0 Å². The van der Waals surface area contributed by atoms with Crippen LogP contribution in [-0.2, 0) is 0 Å². The Morgan fingerprint density at radius 1 is 1.19 bits per heavy atom. The second kappa shape index (κ2) is 5.85. The molecule has 1 aromatic rings. The van der Waals surface area contributed by atoms with Crippen LogP contribution in [-0.4, -0.2) is 43.9 Å². The Kier molecular flexibility index (Phi) is 4.74. The van der Waals surface area contributed by atoms with Crippen molar-refractivity contribution in [1.82, 2.24) is 4.90 Å². The molecule has 0 radical (unpaired) electrons. The summed E-state index contributed by atoms with van der Waals surface area (Å²) >= 11 is 3.45. The number of nitrogens with zero attached hydrogens (tertiary/aromatic N) is 2. The quantitative estimate of drug-likeness (QED) is 0.610. The zero-order valence-corrected chi connectivity index (χ0v) is 11.8. The Hall–Kier alpha value is -1.09. The lowest BCUT2D eigenvalue weighted by molar-refractivity contribution is -0.458. The molecule has 16 heavy (non-hydrogen) atoms. The van der Waals surface area contributed by atoms with E-state index in [0.717, 1.165) is 4.47 Å². The Labute approximate surface area is 106 Å². The Bertz CT molecular complexity index is 398. The van der Waals surface area contributed by atoms with Gasteiger partial charge in [-0.1, -0.05) is 28.1 Å². The van der Waals surface area contributed by atoms with Gasteiger partial charge in [0.1, 0.15) is 14.1 Å². The van der Waals surface area contributed by atoms with Gasteiger partial charge < -0.3 is 4.90 Å². The molecule has 1 rings (SSSR count). The largest absolute Gasteiger partial charge is 0.383 e. The molecule has 0 N–H and O–H groups in total. The van der Waals surface area contributed by atoms with E-state index in [1.54, 1.807) is 0 Å². The molecular formula is C13H18BrN2+. The van der Waals surface area contributed by atoms with Crippen molar-refractivity contribution in [3.05, 3.63) is 40.5 Å². The fourth-order valence-electron chi connectivity index (χ4n) is 1.38. The summed E-state index contributed by atoms with van der Waals surface area (Å²) in [6.45, 7) is 0. The van der Waals surface area contributed by atoms with Crippen molar-refractivity contribution in [2.24, 2.45) is 0 Å². The molecule has 3 heteroatoms. The van der Waals surface area contributed by atoms with Gasteiger partial charge in [-0.2, -0.15) is 0 Å². The van der Waals surface area contributed by atoms with Crippen LogP contribution in [0.2, 0.25) is 0 Å². The van der Waals surface area contributed by atoms with E-state index >= 15 is 0 Å². The van der Waals surface area contributed by atoms with Gasteiger partial charge >= 0.3 is 0 Å². The van der Waals surface area contributed by atoms with Gasteiger partial charge in [-0.15, -0.1) is 0 Å². The summed E-state index contributed by atoms with van der Waals surface area (Å²) in [4.78, 5) is 2.05. The fraction of sp³-hybridized carbons (Fsp3) is 0.308. The van der Waals surface area contributed by atoms with Gasteiger partial charge in [-0.25, -0.2) is 4.58 Å². The predicted molar refractivity (Wildman–Crippen MR) is 74.0 cm³/mol. The van der Waals surface area contributed by atoms with Gasteiger partial charge in [-0.3, -0.25) is 0 Å². The SMILES string of the molecule is CN(C)C=C(C=[N+](C)C)c1ccc(Br)cc1. The molecule has 0 aliphatic carbocycles. The molecule has 0 aliphatic rings. The second-order valence-corrected chi connectivity index (χ2v) is 5.06. The molecule has 2 nitrogen and oxygen atoms in total. The molecule has 0 saturated carbocycles. The number of hydrogen-bond acceptors (Lipinski definition) is 1. The third-order valence-corrected chi connectivity index (χ3v) is 2.50. The zero-order chi connectivity index (χ0) is 12.1. The Morgan fingerprint density at radius 2 is 1.75 bits per heavy atom. The number of allylic oxidation sites excluding steroid dienone is 1. The highest BCUT2D eigenvalue weighted by Gasteiger charge is 2.03. The van der Waals surface area contributed by atoms with Crippen LogP contribution in [0.5, 0.6) is 0 Å². The molecule has 0 atom stereocenters. The van der Waals surface area contributed by atoms with Crippen molar-refractivity contribution >= 4 is 27.7 Å². The molecular weight excluding hydrogens is 264 g/mol. The van der Waals surface area contributed by atoms with Gasteiger partial charge in [-0.05, 0) is 17.7 Å². The molecule has 0 bridgehead atoms. The third kappa shape index (κ3) is 4.19. The van der Waals surface area contributed by atoms with E-state index < -0.39 is 0 Å². The van der Waals surface area contributed by atoms with Crippen LogP contribution in [0.1, 0.15) is 5.56 Å². The van der Waals surface area contributed by atoms with E-state index in [1.807, 2.05) is 28.2 Å². The lowest BCUT2D eigenvalue weighted by Crippen LogP contribution is -2.07. The van der Waals surface area contributed by atoms with Gasteiger partial charge in [0.25, 0.3) is 0 Å². The Morgan fingerprint density at radius 3 is 2.19 bits per heavy atom. The van der Waals surface area contributed by atoms with Crippen molar-refractivity contribution in [3.8, 4) is 0 Å². The topological polar surface area (TPSA) is 6.25 Å². The summed E-state index contributed by atoms with van der Waals surface area (Å²) in [5.41, 5.74) is 2.41. The van der Waals surface area contributed by atoms with E-state index in [9.17, 15) is 0 Å². The second-order valence-electron chi connectivity index (χ2n) is 4.15. The molecule has 0 spiro atoms. The van der Waals surface area contributed by atoms with Gasteiger partial charge in [0, 0.05) is 24.8 Å². The van der Waals surface area contributed by atoms with E-state index in [-0.39, 0.29) is 0 Å². The van der Waals surface area contributed by atoms with Crippen LogP contribution >= 0.6 is 15.9 Å². The summed E-state index contributed by atoms with van der Waals surface area (Å²) < 4.78 is 3.16. The summed E-state index contributed by atoms with van der Waals surface area (Å²) in [6, 6.07) is 8.34. The molecule has 0 heterocycles. The number of hydrogen-bond donors (Lipinski definition) is 0. The summed E-state index contributed by atoms with van der Waals surface area (Å²) in [5, 5.41) is 0. The number of benzene rings is 1. The number of halogens is 1. The standard InChI is InChI=1S/C13H18BrN2/c1-15(2)9-12(10-16(3)4)11-5-7-13(14)8-6-11/h5-10H,1-4H3/q+1. The molecule has 0 saturated heterocycles. The van der Waals surface area contributed by atoms with Crippen molar-refractivity contribution in [2.75, 3.05) is 28.2 Å². The first-order valence-electron chi connectivity index (χ1n) is 5.14. The van der Waals surface area contributed by atoms with Crippen LogP contribution in [0.25, 0.3) is 5.57 Å². The summed E-state index contributed by atoms with van der Waals surface area (Å²) in [7, 11) is 8.12. The highest BCUT2D eigenvalue weighted by molar-refractivity contribution is 9.10. The third-order valence-electron chi connectivity index (χ3n) is 1.97. The summed E-state index contributed by atoms with van der Waals surface area (Å²) in [5.74, 6) is 0. The van der Waals surface area contributed by atoms with Crippen molar-refractivity contribution in [3.63, 3.8) is 0 Å². The summed E-state index contributed by atoms with van der Waals surface area (Å²) in [6.07, 6.45) is 4.23. The first kappa shape index (κ1) is 13.0. The Balaban J connectivity index is 3.11. The maximum Gasteiger partial charge on any atom is 0.172 e. The minimum Gasteiger partial charge on any atom is -0.383 e. The van der Waals surface area contributed by atoms with Gasteiger partial charge in [0.2, 0.25) is 0 Å². The minimum atomic E-state index is 1.10. The van der Waals surface area contributed by atoms with E-state index in [1.165, 1.54) is 11.1 Å². The lowest BCUT2D eigenvalue weighted by Gasteiger charge is -2.08. The highest BCUT2D eigenvalue weighted by atomic mass is 79.9. The van der Waals surface area contributed by atoms with Crippen LogP contribution in [0, 0.1) is 0 Å². The normalized spacial score (nSPS) is 11.2. The van der Waals surface area contributed by atoms with Gasteiger partial charge in [0.05, 0.1) is 5.57 Å². The maximum absolute atomic E-state index is 3.45. The van der Waals surface area contributed by atoms with E-state index in [4.69, 9.17) is 0 Å².